The van der Waals surface area contributed by atoms with Crippen molar-refractivity contribution >= 4 is 0 Å². The Morgan fingerprint density at radius 2 is 2.12 bits per heavy atom. The van der Waals surface area contributed by atoms with E-state index in [1.165, 1.54) is 0 Å². The molecule has 90 valence electrons. The number of hydrogen-bond donors (Lipinski definition) is 2. The molecule has 0 aliphatic heterocycles. The summed E-state index contributed by atoms with van der Waals surface area (Å²) in [5.41, 5.74) is 2.09. The summed E-state index contributed by atoms with van der Waals surface area (Å²) < 4.78 is 0. The summed E-state index contributed by atoms with van der Waals surface area (Å²) in [6.45, 7) is 4.83. The molecule has 2 aromatic rings. The Hall–Kier alpha value is -1.75. The lowest BCUT2D eigenvalue weighted by molar-refractivity contribution is 0.489. The van der Waals surface area contributed by atoms with Crippen LogP contribution in [0.4, 0.5) is 0 Å². The van der Waals surface area contributed by atoms with Gasteiger partial charge in [-0.15, -0.1) is 0 Å². The number of H-pyrrole nitrogens is 1. The van der Waals surface area contributed by atoms with E-state index in [9.17, 15) is 0 Å². The van der Waals surface area contributed by atoms with Crippen LogP contribution in [0.25, 0.3) is 0 Å². The molecule has 1 atom stereocenters. The maximum atomic E-state index is 4.27. The third-order valence-electron chi connectivity index (χ3n) is 2.59. The van der Waals surface area contributed by atoms with Gasteiger partial charge in [0.25, 0.3) is 0 Å². The highest BCUT2D eigenvalue weighted by Gasteiger charge is 2.11. The lowest BCUT2D eigenvalue weighted by atomic mass is 10.2. The predicted molar refractivity (Wildman–Crippen MR) is 65.2 cm³/mol. The van der Waals surface area contributed by atoms with Gasteiger partial charge in [0.1, 0.15) is 5.82 Å². The van der Waals surface area contributed by atoms with Gasteiger partial charge in [-0.25, -0.2) is 9.97 Å². The number of aromatic nitrogens is 4. The molecular formula is C12H17N5. The minimum atomic E-state index is 0.174. The number of nitrogens with one attached hydrogen (secondary N) is 2. The van der Waals surface area contributed by atoms with E-state index in [1.807, 2.05) is 19.1 Å². The van der Waals surface area contributed by atoms with Gasteiger partial charge in [-0.2, -0.15) is 5.10 Å². The van der Waals surface area contributed by atoms with E-state index >= 15 is 0 Å². The molecule has 0 aromatic carbocycles. The Kier molecular flexibility index (Phi) is 3.82. The maximum Gasteiger partial charge on any atom is 0.145 e. The zero-order chi connectivity index (χ0) is 12.1. The number of nitrogens with zero attached hydrogens (tertiary/aromatic N) is 3. The molecule has 1 unspecified atom stereocenters. The summed E-state index contributed by atoms with van der Waals surface area (Å²) in [5, 5.41) is 10.5. The summed E-state index contributed by atoms with van der Waals surface area (Å²) in [6.07, 6.45) is 4.49. The Labute approximate surface area is 101 Å². The Morgan fingerprint density at radius 1 is 1.35 bits per heavy atom. The molecule has 0 radical (unpaired) electrons. The van der Waals surface area contributed by atoms with Gasteiger partial charge >= 0.3 is 0 Å². The summed E-state index contributed by atoms with van der Waals surface area (Å²) in [4.78, 5) is 8.53. The molecule has 5 heteroatoms. The number of hydrogen-bond acceptors (Lipinski definition) is 4. The highest BCUT2D eigenvalue weighted by molar-refractivity contribution is 5.07. The molecule has 0 saturated heterocycles. The monoisotopic (exact) mass is 231 g/mol. The lowest BCUT2D eigenvalue weighted by Crippen LogP contribution is -2.22. The van der Waals surface area contributed by atoms with Gasteiger partial charge in [-0.3, -0.25) is 5.10 Å². The fraction of sp³-hybridized carbons (Fsp3) is 0.417. The van der Waals surface area contributed by atoms with Gasteiger partial charge in [0.05, 0.1) is 11.7 Å². The molecule has 0 aliphatic carbocycles. The van der Waals surface area contributed by atoms with Gasteiger partial charge in [0, 0.05) is 24.6 Å². The van der Waals surface area contributed by atoms with Crippen LogP contribution in [0.5, 0.6) is 0 Å². The summed E-state index contributed by atoms with van der Waals surface area (Å²) in [5.74, 6) is 0.835. The van der Waals surface area contributed by atoms with Crippen molar-refractivity contribution in [3.8, 4) is 0 Å². The van der Waals surface area contributed by atoms with Gasteiger partial charge in [-0.1, -0.05) is 6.92 Å². The van der Waals surface area contributed by atoms with Crippen LogP contribution in [-0.4, -0.2) is 20.2 Å². The summed E-state index contributed by atoms with van der Waals surface area (Å²) in [7, 11) is 0. The molecule has 0 amide bonds. The highest BCUT2D eigenvalue weighted by Crippen LogP contribution is 2.11. The lowest BCUT2D eigenvalue weighted by Gasteiger charge is -2.14. The van der Waals surface area contributed by atoms with Crippen molar-refractivity contribution in [1.82, 2.24) is 25.5 Å². The first-order valence-electron chi connectivity index (χ1n) is 5.80. The topological polar surface area (TPSA) is 66.5 Å². The van der Waals surface area contributed by atoms with Gasteiger partial charge in [0.2, 0.25) is 0 Å². The molecule has 0 saturated carbocycles. The van der Waals surface area contributed by atoms with Gasteiger partial charge in [-0.05, 0) is 25.5 Å². The first-order valence-corrected chi connectivity index (χ1v) is 5.80. The van der Waals surface area contributed by atoms with E-state index < -0.39 is 0 Å². The minimum Gasteiger partial charge on any atom is -0.302 e. The average molecular weight is 231 g/mol. The highest BCUT2D eigenvalue weighted by atomic mass is 15.1. The van der Waals surface area contributed by atoms with Crippen LogP contribution in [0.3, 0.4) is 0 Å². The molecule has 0 spiro atoms. The van der Waals surface area contributed by atoms with Crippen molar-refractivity contribution in [2.45, 2.75) is 32.9 Å². The van der Waals surface area contributed by atoms with Gasteiger partial charge < -0.3 is 5.32 Å². The van der Waals surface area contributed by atoms with Gasteiger partial charge in [0.15, 0.2) is 0 Å². The smallest absolute Gasteiger partial charge is 0.145 e. The summed E-state index contributed by atoms with van der Waals surface area (Å²) >= 11 is 0. The van der Waals surface area contributed by atoms with Crippen LogP contribution < -0.4 is 5.32 Å². The van der Waals surface area contributed by atoms with Crippen molar-refractivity contribution in [2.75, 3.05) is 0 Å². The van der Waals surface area contributed by atoms with Crippen LogP contribution in [0.2, 0.25) is 0 Å². The largest absolute Gasteiger partial charge is 0.302 e. The van der Waals surface area contributed by atoms with Crippen molar-refractivity contribution in [1.29, 1.82) is 0 Å². The summed E-state index contributed by atoms with van der Waals surface area (Å²) in [6, 6.07) is 4.03. The van der Waals surface area contributed by atoms with Crippen LogP contribution in [-0.2, 0) is 6.54 Å². The van der Waals surface area contributed by atoms with Crippen molar-refractivity contribution < 1.29 is 0 Å². The van der Waals surface area contributed by atoms with Crippen LogP contribution in [0, 0.1) is 6.92 Å². The predicted octanol–water partition coefficient (Wildman–Crippen LogP) is 1.75. The molecule has 0 aliphatic rings. The molecule has 2 N–H and O–H groups in total. The van der Waals surface area contributed by atoms with Crippen LogP contribution >= 0.6 is 0 Å². The Balaban J connectivity index is 1.97. The molecule has 2 aromatic heterocycles. The van der Waals surface area contributed by atoms with Crippen LogP contribution in [0.1, 0.15) is 36.6 Å². The Bertz CT molecular complexity index is 451. The average Bonchev–Trinajstić information content (AvgIpc) is 2.77. The number of aryl methyl sites for hydroxylation is 1. The first-order chi connectivity index (χ1) is 8.29. The molecule has 0 fully saturated rings. The zero-order valence-corrected chi connectivity index (χ0v) is 10.1. The standard InChI is InChI=1S/C12H17N5/c1-3-11(12-13-5-4-6-14-12)15-8-10-7-9(2)16-17-10/h4-7,11,15H,3,8H2,1-2H3,(H,16,17). The second kappa shape index (κ2) is 5.54. The van der Waals surface area contributed by atoms with E-state index in [-0.39, 0.29) is 6.04 Å². The van der Waals surface area contributed by atoms with Crippen molar-refractivity contribution in [3.63, 3.8) is 0 Å². The molecule has 2 heterocycles. The molecular weight excluding hydrogens is 214 g/mol. The molecule has 2 rings (SSSR count). The maximum absolute atomic E-state index is 4.27. The number of rotatable bonds is 5. The van der Waals surface area contributed by atoms with E-state index in [4.69, 9.17) is 0 Å². The molecule has 17 heavy (non-hydrogen) atoms. The van der Waals surface area contributed by atoms with Crippen molar-refractivity contribution in [2.24, 2.45) is 0 Å². The van der Waals surface area contributed by atoms with E-state index in [1.54, 1.807) is 12.4 Å². The normalized spacial score (nSPS) is 12.6. The van der Waals surface area contributed by atoms with E-state index in [0.717, 1.165) is 30.2 Å². The minimum absolute atomic E-state index is 0.174. The van der Waals surface area contributed by atoms with Crippen molar-refractivity contribution in [3.05, 3.63) is 41.7 Å². The SMILES string of the molecule is CCC(NCc1cc(C)[nH]n1)c1ncccn1. The Morgan fingerprint density at radius 3 is 2.71 bits per heavy atom. The fourth-order valence-corrected chi connectivity index (χ4v) is 1.70. The first kappa shape index (κ1) is 11.7. The van der Waals surface area contributed by atoms with Crippen LogP contribution in [0.15, 0.2) is 24.5 Å². The molecule has 5 nitrogen and oxygen atoms in total. The van der Waals surface area contributed by atoms with E-state index in [0.29, 0.717) is 0 Å². The fourth-order valence-electron chi connectivity index (χ4n) is 1.70. The third kappa shape index (κ3) is 3.10. The third-order valence-corrected chi connectivity index (χ3v) is 2.59. The second-order valence-electron chi connectivity index (χ2n) is 3.99. The quantitative estimate of drug-likeness (QED) is 0.822. The second-order valence-corrected chi connectivity index (χ2v) is 3.99. The molecule has 0 bridgehead atoms. The van der Waals surface area contributed by atoms with E-state index in [2.05, 4.69) is 32.4 Å². The number of aromatic amines is 1. The zero-order valence-electron chi connectivity index (χ0n) is 10.1.